The quantitative estimate of drug-likeness (QED) is 0.567. The summed E-state index contributed by atoms with van der Waals surface area (Å²) in [4.78, 5) is 0. The SMILES string of the molecule is N#CCC1CCCCN1. The van der Waals surface area contributed by atoms with Gasteiger partial charge in [0.15, 0.2) is 0 Å². The number of hydrogen-bond acceptors (Lipinski definition) is 2. The van der Waals surface area contributed by atoms with Gasteiger partial charge in [0.05, 0.1) is 12.5 Å². The Morgan fingerprint density at radius 1 is 1.56 bits per heavy atom. The summed E-state index contributed by atoms with van der Waals surface area (Å²) in [7, 11) is 0. The van der Waals surface area contributed by atoms with Gasteiger partial charge in [-0.1, -0.05) is 6.42 Å². The first kappa shape index (κ1) is 6.57. The molecule has 0 saturated carbocycles. The maximum absolute atomic E-state index is 8.33. The van der Waals surface area contributed by atoms with Crippen molar-refractivity contribution in [3.63, 3.8) is 0 Å². The molecule has 0 radical (unpaired) electrons. The molecule has 2 nitrogen and oxygen atoms in total. The minimum absolute atomic E-state index is 0.490. The Hall–Kier alpha value is -0.550. The third-order valence-electron chi connectivity index (χ3n) is 1.75. The second kappa shape index (κ2) is 3.47. The molecule has 0 aromatic rings. The van der Waals surface area contributed by atoms with Crippen LogP contribution >= 0.6 is 0 Å². The molecule has 50 valence electrons. The fraction of sp³-hybridized carbons (Fsp3) is 0.857. The lowest BCUT2D eigenvalue weighted by Crippen LogP contribution is -2.33. The summed E-state index contributed by atoms with van der Waals surface area (Å²) in [6.45, 7) is 1.10. The minimum atomic E-state index is 0.490. The molecule has 0 aromatic carbocycles. The average Bonchev–Trinajstić information content (AvgIpc) is 1.91. The smallest absolute Gasteiger partial charge is 0.0638 e. The van der Waals surface area contributed by atoms with Gasteiger partial charge < -0.3 is 5.32 Å². The second-order valence-electron chi connectivity index (χ2n) is 2.51. The lowest BCUT2D eigenvalue weighted by atomic mass is 10.0. The van der Waals surface area contributed by atoms with E-state index in [-0.39, 0.29) is 0 Å². The molecule has 2 heteroatoms. The standard InChI is InChI=1S/C7H12N2/c8-5-4-7-3-1-2-6-9-7/h7,9H,1-4,6H2. The molecule has 9 heavy (non-hydrogen) atoms. The average molecular weight is 124 g/mol. The highest BCUT2D eigenvalue weighted by molar-refractivity contribution is 4.82. The Labute approximate surface area is 55.9 Å². The molecule has 0 bridgehead atoms. The molecular formula is C7H12N2. The summed E-state index contributed by atoms with van der Waals surface area (Å²) >= 11 is 0. The molecule has 1 unspecified atom stereocenters. The Bertz CT molecular complexity index is 109. The van der Waals surface area contributed by atoms with E-state index in [2.05, 4.69) is 11.4 Å². The van der Waals surface area contributed by atoms with Gasteiger partial charge in [-0.25, -0.2) is 0 Å². The van der Waals surface area contributed by atoms with Gasteiger partial charge in [-0.05, 0) is 19.4 Å². The first-order chi connectivity index (χ1) is 4.43. The van der Waals surface area contributed by atoms with Crippen LogP contribution < -0.4 is 5.32 Å². The highest BCUT2D eigenvalue weighted by Gasteiger charge is 2.10. The molecule has 1 fully saturated rings. The molecule has 0 aliphatic carbocycles. The summed E-state index contributed by atoms with van der Waals surface area (Å²) in [6, 6.07) is 2.66. The number of nitrogens with zero attached hydrogens (tertiary/aromatic N) is 1. The van der Waals surface area contributed by atoms with Crippen molar-refractivity contribution in [1.82, 2.24) is 5.32 Å². The predicted octanol–water partition coefficient (Wildman–Crippen LogP) is 1.04. The van der Waals surface area contributed by atoms with Gasteiger partial charge in [0, 0.05) is 6.04 Å². The maximum Gasteiger partial charge on any atom is 0.0638 e. The zero-order valence-electron chi connectivity index (χ0n) is 5.56. The fourth-order valence-electron chi connectivity index (χ4n) is 1.21. The molecule has 1 aliphatic heterocycles. The van der Waals surface area contributed by atoms with Crippen molar-refractivity contribution >= 4 is 0 Å². The van der Waals surface area contributed by atoms with Gasteiger partial charge in [0.1, 0.15) is 0 Å². The molecule has 1 rings (SSSR count). The largest absolute Gasteiger partial charge is 0.313 e. The van der Waals surface area contributed by atoms with Crippen LogP contribution in [0.3, 0.4) is 0 Å². The molecule has 1 saturated heterocycles. The maximum atomic E-state index is 8.33. The molecular weight excluding hydrogens is 112 g/mol. The molecule has 0 amide bonds. The van der Waals surface area contributed by atoms with Crippen LogP contribution in [0.25, 0.3) is 0 Å². The van der Waals surface area contributed by atoms with E-state index >= 15 is 0 Å². The number of nitriles is 1. The van der Waals surface area contributed by atoms with E-state index in [1.807, 2.05) is 0 Å². The Kier molecular flexibility index (Phi) is 2.53. The zero-order valence-corrected chi connectivity index (χ0v) is 5.56. The van der Waals surface area contributed by atoms with Crippen LogP contribution in [0, 0.1) is 11.3 Å². The first-order valence-electron chi connectivity index (χ1n) is 3.54. The minimum Gasteiger partial charge on any atom is -0.313 e. The van der Waals surface area contributed by atoms with Crippen molar-refractivity contribution in [2.24, 2.45) is 0 Å². The fourth-order valence-corrected chi connectivity index (χ4v) is 1.21. The van der Waals surface area contributed by atoms with Crippen molar-refractivity contribution in [1.29, 1.82) is 5.26 Å². The molecule has 1 heterocycles. The van der Waals surface area contributed by atoms with E-state index in [0.717, 1.165) is 6.54 Å². The van der Waals surface area contributed by atoms with Gasteiger partial charge in [0.2, 0.25) is 0 Å². The van der Waals surface area contributed by atoms with Crippen molar-refractivity contribution in [3.05, 3.63) is 0 Å². The van der Waals surface area contributed by atoms with E-state index in [1.54, 1.807) is 0 Å². The highest BCUT2D eigenvalue weighted by Crippen LogP contribution is 2.08. The molecule has 0 aromatic heterocycles. The van der Waals surface area contributed by atoms with Gasteiger partial charge in [0.25, 0.3) is 0 Å². The zero-order chi connectivity index (χ0) is 6.53. The summed E-state index contributed by atoms with van der Waals surface area (Å²) < 4.78 is 0. The van der Waals surface area contributed by atoms with Gasteiger partial charge in [-0.3, -0.25) is 0 Å². The molecule has 1 atom stereocenters. The molecule has 0 spiro atoms. The van der Waals surface area contributed by atoms with Crippen LogP contribution in [0.5, 0.6) is 0 Å². The highest BCUT2D eigenvalue weighted by atomic mass is 14.9. The second-order valence-corrected chi connectivity index (χ2v) is 2.51. The van der Waals surface area contributed by atoms with Gasteiger partial charge in [-0.15, -0.1) is 0 Å². The third kappa shape index (κ3) is 2.03. The first-order valence-corrected chi connectivity index (χ1v) is 3.54. The van der Waals surface area contributed by atoms with Crippen LogP contribution in [0.1, 0.15) is 25.7 Å². The van der Waals surface area contributed by atoms with E-state index in [9.17, 15) is 0 Å². The number of hydrogen-bond donors (Lipinski definition) is 1. The van der Waals surface area contributed by atoms with E-state index in [4.69, 9.17) is 5.26 Å². The normalized spacial score (nSPS) is 27.2. The van der Waals surface area contributed by atoms with E-state index in [0.29, 0.717) is 12.5 Å². The van der Waals surface area contributed by atoms with Crippen LogP contribution in [-0.4, -0.2) is 12.6 Å². The molecule has 1 aliphatic rings. The summed E-state index contributed by atoms with van der Waals surface area (Å²) in [5.41, 5.74) is 0. The summed E-state index contributed by atoms with van der Waals surface area (Å²) in [5, 5.41) is 11.6. The van der Waals surface area contributed by atoms with Crippen molar-refractivity contribution in [3.8, 4) is 6.07 Å². The Balaban J connectivity index is 2.17. The van der Waals surface area contributed by atoms with Gasteiger partial charge in [-0.2, -0.15) is 5.26 Å². The van der Waals surface area contributed by atoms with E-state index < -0.39 is 0 Å². The topological polar surface area (TPSA) is 35.8 Å². The van der Waals surface area contributed by atoms with Crippen LogP contribution in [0.2, 0.25) is 0 Å². The van der Waals surface area contributed by atoms with E-state index in [1.165, 1.54) is 19.3 Å². The summed E-state index contributed by atoms with van der Waals surface area (Å²) in [5.74, 6) is 0. The lowest BCUT2D eigenvalue weighted by Gasteiger charge is -2.20. The number of rotatable bonds is 1. The number of nitrogens with one attached hydrogen (secondary N) is 1. The van der Waals surface area contributed by atoms with Crippen LogP contribution in [0.4, 0.5) is 0 Å². The predicted molar refractivity (Wildman–Crippen MR) is 35.9 cm³/mol. The van der Waals surface area contributed by atoms with Crippen molar-refractivity contribution in [2.75, 3.05) is 6.54 Å². The van der Waals surface area contributed by atoms with Gasteiger partial charge >= 0.3 is 0 Å². The third-order valence-corrected chi connectivity index (χ3v) is 1.75. The Morgan fingerprint density at radius 3 is 3.00 bits per heavy atom. The van der Waals surface area contributed by atoms with Crippen LogP contribution in [-0.2, 0) is 0 Å². The van der Waals surface area contributed by atoms with Crippen molar-refractivity contribution in [2.45, 2.75) is 31.7 Å². The lowest BCUT2D eigenvalue weighted by molar-refractivity contribution is 0.406. The van der Waals surface area contributed by atoms with Crippen molar-refractivity contribution < 1.29 is 0 Å². The Morgan fingerprint density at radius 2 is 2.44 bits per heavy atom. The number of piperidine rings is 1. The van der Waals surface area contributed by atoms with Crippen LogP contribution in [0.15, 0.2) is 0 Å². The summed E-state index contributed by atoms with van der Waals surface area (Å²) in [6.07, 6.45) is 4.44. The molecule has 1 N–H and O–H groups in total. The monoisotopic (exact) mass is 124 g/mol.